The summed E-state index contributed by atoms with van der Waals surface area (Å²) in [6, 6.07) is 3.51. The van der Waals surface area contributed by atoms with Gasteiger partial charge in [0.25, 0.3) is 11.4 Å². The Kier molecular flexibility index (Phi) is 4.71. The van der Waals surface area contributed by atoms with E-state index >= 15 is 0 Å². The molecule has 0 spiro atoms. The Morgan fingerprint density at radius 2 is 2.22 bits per heavy atom. The molecule has 0 N–H and O–H groups in total. The number of allylic oxidation sites excluding steroid dienone is 1. The van der Waals surface area contributed by atoms with Crippen molar-refractivity contribution < 1.29 is 8.83 Å². The average molecular weight is 400 g/mol. The summed E-state index contributed by atoms with van der Waals surface area (Å²) in [7, 11) is 0. The van der Waals surface area contributed by atoms with Crippen molar-refractivity contribution in [1.29, 1.82) is 0 Å². The highest BCUT2D eigenvalue weighted by Crippen LogP contribution is 2.29. The first-order valence-electron chi connectivity index (χ1n) is 8.19. The molecule has 0 unspecified atom stereocenters. The molecule has 0 aliphatic rings. The number of thioether (sulfide) groups is 1. The summed E-state index contributed by atoms with van der Waals surface area (Å²) in [6.07, 6.45) is 3.24. The van der Waals surface area contributed by atoms with Crippen LogP contribution in [0, 0.1) is 13.8 Å². The number of nitrogens with zero attached hydrogens (tertiary/aromatic N) is 4. The molecule has 4 aromatic rings. The monoisotopic (exact) mass is 400 g/mol. The van der Waals surface area contributed by atoms with E-state index < -0.39 is 0 Å². The van der Waals surface area contributed by atoms with Gasteiger partial charge in [-0.05, 0) is 31.5 Å². The fraction of sp³-hybridized carbons (Fsp3) is 0.222. The number of aromatic nitrogens is 4. The zero-order valence-electron chi connectivity index (χ0n) is 14.8. The highest BCUT2D eigenvalue weighted by Gasteiger charge is 2.17. The Balaban J connectivity index is 1.66. The quantitative estimate of drug-likeness (QED) is 0.272. The van der Waals surface area contributed by atoms with Crippen molar-refractivity contribution in [3.05, 3.63) is 57.7 Å². The number of rotatable bonds is 6. The van der Waals surface area contributed by atoms with Gasteiger partial charge in [-0.3, -0.25) is 9.36 Å². The Morgan fingerprint density at radius 3 is 2.96 bits per heavy atom. The van der Waals surface area contributed by atoms with E-state index in [-0.39, 0.29) is 5.56 Å². The van der Waals surface area contributed by atoms with Gasteiger partial charge in [0.1, 0.15) is 4.83 Å². The van der Waals surface area contributed by atoms with E-state index in [2.05, 4.69) is 16.8 Å². The lowest BCUT2D eigenvalue weighted by molar-refractivity contribution is 0.494. The zero-order valence-corrected chi connectivity index (χ0v) is 16.4. The Bertz CT molecular complexity index is 1170. The van der Waals surface area contributed by atoms with Gasteiger partial charge in [-0.1, -0.05) is 17.8 Å². The second kappa shape index (κ2) is 7.16. The number of hydrogen-bond donors (Lipinski definition) is 0. The van der Waals surface area contributed by atoms with Gasteiger partial charge in [-0.2, -0.15) is 0 Å². The second-order valence-corrected chi connectivity index (χ2v) is 7.97. The van der Waals surface area contributed by atoms with E-state index in [0.717, 1.165) is 15.3 Å². The summed E-state index contributed by atoms with van der Waals surface area (Å²) >= 11 is 2.91. The third-order valence-corrected chi connectivity index (χ3v) is 6.15. The molecule has 4 aromatic heterocycles. The molecule has 0 fully saturated rings. The lowest BCUT2D eigenvalue weighted by Gasteiger charge is -2.09. The van der Waals surface area contributed by atoms with Crippen LogP contribution in [-0.4, -0.2) is 19.7 Å². The lowest BCUT2D eigenvalue weighted by Crippen LogP contribution is -2.22. The van der Waals surface area contributed by atoms with Crippen molar-refractivity contribution >= 4 is 33.3 Å². The van der Waals surface area contributed by atoms with Gasteiger partial charge in [-0.15, -0.1) is 28.1 Å². The van der Waals surface area contributed by atoms with Crippen molar-refractivity contribution in [2.75, 3.05) is 0 Å². The molecule has 7 nitrogen and oxygen atoms in total. The number of aryl methyl sites for hydroxylation is 2. The maximum Gasteiger partial charge on any atom is 0.283 e. The zero-order chi connectivity index (χ0) is 19.0. The van der Waals surface area contributed by atoms with E-state index in [1.54, 1.807) is 29.0 Å². The SMILES string of the molecule is C=CCn1c(SCc2nnc(-c3ccco3)o2)nc2sc(C)c(C)c2c1=O. The minimum atomic E-state index is -0.0500. The van der Waals surface area contributed by atoms with E-state index in [9.17, 15) is 4.79 Å². The first-order valence-corrected chi connectivity index (χ1v) is 9.99. The first-order chi connectivity index (χ1) is 13.1. The Hall–Kier alpha value is -2.65. The molecule has 0 aromatic carbocycles. The van der Waals surface area contributed by atoms with Gasteiger partial charge in [-0.25, -0.2) is 4.98 Å². The molecular weight excluding hydrogens is 384 g/mol. The molecule has 4 rings (SSSR count). The van der Waals surface area contributed by atoms with Crippen LogP contribution in [0.1, 0.15) is 16.3 Å². The van der Waals surface area contributed by atoms with E-state index in [1.807, 2.05) is 13.8 Å². The molecule has 0 saturated heterocycles. The minimum absolute atomic E-state index is 0.0500. The molecule has 0 aliphatic carbocycles. The van der Waals surface area contributed by atoms with E-state index in [0.29, 0.717) is 40.4 Å². The first kappa shape index (κ1) is 17.7. The summed E-state index contributed by atoms with van der Waals surface area (Å²) in [5, 5.41) is 9.31. The molecule has 0 atom stereocenters. The maximum atomic E-state index is 12.9. The van der Waals surface area contributed by atoms with Crippen molar-refractivity contribution in [3.63, 3.8) is 0 Å². The maximum absolute atomic E-state index is 12.9. The second-order valence-electron chi connectivity index (χ2n) is 5.83. The van der Waals surface area contributed by atoms with Gasteiger partial charge in [0.2, 0.25) is 5.89 Å². The fourth-order valence-corrected chi connectivity index (χ4v) is 4.56. The summed E-state index contributed by atoms with van der Waals surface area (Å²) in [5.74, 6) is 1.68. The van der Waals surface area contributed by atoms with Crippen molar-refractivity contribution in [2.24, 2.45) is 0 Å². The minimum Gasteiger partial charge on any atom is -0.459 e. The van der Waals surface area contributed by atoms with E-state index in [4.69, 9.17) is 13.8 Å². The Labute approximate surface area is 162 Å². The summed E-state index contributed by atoms with van der Waals surface area (Å²) in [5.41, 5.74) is 0.938. The lowest BCUT2D eigenvalue weighted by atomic mass is 10.2. The molecule has 0 bridgehead atoms. The predicted molar refractivity (Wildman–Crippen MR) is 105 cm³/mol. The van der Waals surface area contributed by atoms with Crippen LogP contribution in [0.15, 0.2) is 49.8 Å². The molecule has 0 amide bonds. The van der Waals surface area contributed by atoms with Crippen LogP contribution in [0.5, 0.6) is 0 Å². The highest BCUT2D eigenvalue weighted by molar-refractivity contribution is 7.98. The van der Waals surface area contributed by atoms with Crippen LogP contribution in [-0.2, 0) is 12.3 Å². The largest absolute Gasteiger partial charge is 0.459 e. The molecule has 0 radical (unpaired) electrons. The van der Waals surface area contributed by atoms with Crippen LogP contribution in [0.25, 0.3) is 21.9 Å². The molecular formula is C18H16N4O3S2. The third-order valence-electron chi connectivity index (χ3n) is 4.09. The third kappa shape index (κ3) is 3.24. The van der Waals surface area contributed by atoms with E-state index in [1.165, 1.54) is 23.1 Å². The van der Waals surface area contributed by atoms with Crippen LogP contribution in [0.3, 0.4) is 0 Å². The number of thiophene rings is 1. The molecule has 9 heteroatoms. The van der Waals surface area contributed by atoms with Crippen molar-refractivity contribution in [2.45, 2.75) is 31.3 Å². The average Bonchev–Trinajstić information content (AvgIpc) is 3.37. The van der Waals surface area contributed by atoms with Crippen LogP contribution >= 0.6 is 23.1 Å². The highest BCUT2D eigenvalue weighted by atomic mass is 32.2. The summed E-state index contributed by atoms with van der Waals surface area (Å²) < 4.78 is 12.5. The molecule has 138 valence electrons. The standard InChI is InChI=1S/C18H16N4O3S2/c1-4-7-22-17(23)14-10(2)11(3)27-16(14)19-18(22)26-9-13-20-21-15(25-13)12-6-5-8-24-12/h4-6,8H,1,7,9H2,2-3H3. The smallest absolute Gasteiger partial charge is 0.283 e. The van der Waals surface area contributed by atoms with Gasteiger partial charge in [0.05, 0.1) is 17.4 Å². The normalized spacial score (nSPS) is 11.3. The topological polar surface area (TPSA) is 86.9 Å². The van der Waals surface area contributed by atoms with Crippen LogP contribution < -0.4 is 5.56 Å². The number of hydrogen-bond acceptors (Lipinski definition) is 8. The fourth-order valence-electron chi connectivity index (χ4n) is 2.65. The summed E-state index contributed by atoms with van der Waals surface area (Å²) in [6.45, 7) is 8.10. The molecule has 27 heavy (non-hydrogen) atoms. The van der Waals surface area contributed by atoms with Gasteiger partial charge in [0.15, 0.2) is 10.9 Å². The number of furan rings is 1. The van der Waals surface area contributed by atoms with Crippen LogP contribution in [0.2, 0.25) is 0 Å². The van der Waals surface area contributed by atoms with Crippen LogP contribution in [0.4, 0.5) is 0 Å². The van der Waals surface area contributed by atoms with Gasteiger partial charge >= 0.3 is 0 Å². The number of fused-ring (bicyclic) bond motifs is 1. The van der Waals surface area contributed by atoms with Crippen molar-refractivity contribution in [1.82, 2.24) is 19.7 Å². The molecule has 0 aliphatic heterocycles. The summed E-state index contributed by atoms with van der Waals surface area (Å²) in [4.78, 5) is 19.5. The Morgan fingerprint density at radius 1 is 1.37 bits per heavy atom. The molecule has 4 heterocycles. The predicted octanol–water partition coefficient (Wildman–Crippen LogP) is 4.20. The van der Waals surface area contributed by atoms with Gasteiger partial charge < -0.3 is 8.83 Å². The molecule has 0 saturated carbocycles. The van der Waals surface area contributed by atoms with Gasteiger partial charge in [0, 0.05) is 11.4 Å². The van der Waals surface area contributed by atoms with Crippen molar-refractivity contribution in [3.8, 4) is 11.7 Å².